The predicted molar refractivity (Wildman–Crippen MR) is 90.5 cm³/mol. The molecule has 0 amide bonds. The van der Waals surface area contributed by atoms with Gasteiger partial charge in [-0.3, -0.25) is 0 Å². The molecule has 128 valence electrons. The number of ether oxygens (including phenoxy) is 2. The number of aromatic nitrogens is 4. The second kappa shape index (κ2) is 5.97. The van der Waals surface area contributed by atoms with Crippen molar-refractivity contribution in [3.8, 4) is 11.5 Å². The lowest BCUT2D eigenvalue weighted by Crippen LogP contribution is -2.20. The molecule has 0 aliphatic carbocycles. The van der Waals surface area contributed by atoms with Crippen molar-refractivity contribution in [3.63, 3.8) is 0 Å². The Morgan fingerprint density at radius 2 is 1.96 bits per heavy atom. The number of methoxy groups -OCH3 is 2. The molecule has 4 rings (SSSR count). The van der Waals surface area contributed by atoms with Crippen LogP contribution < -0.4 is 14.8 Å². The Labute approximate surface area is 144 Å². The normalized spacial score (nSPS) is 16.0. The molecule has 1 aromatic carbocycles. The minimum atomic E-state index is -0.233. The summed E-state index contributed by atoms with van der Waals surface area (Å²) in [6.45, 7) is 1.91. The van der Waals surface area contributed by atoms with Crippen LogP contribution >= 0.6 is 0 Å². The van der Waals surface area contributed by atoms with Crippen LogP contribution in [0.2, 0.25) is 0 Å². The van der Waals surface area contributed by atoms with Gasteiger partial charge in [0.05, 0.1) is 14.2 Å². The summed E-state index contributed by atoms with van der Waals surface area (Å²) in [5.74, 6) is 3.48. The second-order valence-corrected chi connectivity index (χ2v) is 5.62. The summed E-state index contributed by atoms with van der Waals surface area (Å²) in [5, 5.41) is 15.1. The maximum atomic E-state index is 5.78. The molecule has 3 aromatic rings. The van der Waals surface area contributed by atoms with E-state index in [1.807, 2.05) is 43.3 Å². The molecule has 1 aliphatic rings. The van der Waals surface area contributed by atoms with Crippen LogP contribution in [0.25, 0.3) is 5.70 Å². The smallest absolute Gasteiger partial charge is 0.248 e. The number of hydrogen-bond acceptors (Lipinski definition) is 7. The molecule has 3 heterocycles. The molecule has 0 fully saturated rings. The van der Waals surface area contributed by atoms with Gasteiger partial charge in [-0.1, -0.05) is 5.10 Å². The van der Waals surface area contributed by atoms with E-state index in [2.05, 4.69) is 20.8 Å². The molecular weight excluding hydrogens is 322 g/mol. The lowest BCUT2D eigenvalue weighted by molar-refractivity contribution is 0.355. The Morgan fingerprint density at radius 3 is 2.68 bits per heavy atom. The number of tetrazole rings is 1. The highest BCUT2D eigenvalue weighted by Crippen LogP contribution is 2.35. The maximum Gasteiger partial charge on any atom is 0.248 e. The van der Waals surface area contributed by atoms with E-state index in [0.29, 0.717) is 17.4 Å². The van der Waals surface area contributed by atoms with Crippen LogP contribution in [0.1, 0.15) is 23.1 Å². The molecule has 0 spiro atoms. The summed E-state index contributed by atoms with van der Waals surface area (Å²) in [7, 11) is 3.22. The Morgan fingerprint density at radius 1 is 1.12 bits per heavy atom. The molecule has 1 N–H and O–H groups in total. The first kappa shape index (κ1) is 15.3. The van der Waals surface area contributed by atoms with Gasteiger partial charge in [0.1, 0.15) is 17.6 Å². The summed E-state index contributed by atoms with van der Waals surface area (Å²) in [6, 6.07) is 9.33. The summed E-state index contributed by atoms with van der Waals surface area (Å²) in [6.07, 6.45) is 2.02. The standard InChI is InChI=1S/C17H17N5O3/c1-10-4-6-14(25-10)13-9-12(18-17-19-20-21-22(13)17)11-5-7-15(23-2)16(8-11)24-3/h4-9,13H,1-3H3,(H,18,19,21)/t13-/m1/s1. The number of nitrogens with zero attached hydrogens (tertiary/aromatic N) is 4. The zero-order valence-electron chi connectivity index (χ0n) is 14.1. The first-order chi connectivity index (χ1) is 12.2. The van der Waals surface area contributed by atoms with Crippen molar-refractivity contribution in [3.05, 3.63) is 53.5 Å². The fourth-order valence-corrected chi connectivity index (χ4v) is 2.84. The lowest BCUT2D eigenvalue weighted by atomic mass is 10.1. The van der Waals surface area contributed by atoms with E-state index in [1.165, 1.54) is 0 Å². The molecule has 25 heavy (non-hydrogen) atoms. The molecule has 0 saturated carbocycles. The minimum Gasteiger partial charge on any atom is -0.493 e. The second-order valence-electron chi connectivity index (χ2n) is 5.62. The van der Waals surface area contributed by atoms with Crippen LogP contribution in [0.3, 0.4) is 0 Å². The first-order valence-electron chi connectivity index (χ1n) is 7.75. The average molecular weight is 339 g/mol. The van der Waals surface area contributed by atoms with E-state index in [0.717, 1.165) is 22.8 Å². The van der Waals surface area contributed by atoms with Gasteiger partial charge in [-0.2, -0.15) is 4.68 Å². The molecule has 0 unspecified atom stereocenters. The van der Waals surface area contributed by atoms with E-state index in [9.17, 15) is 0 Å². The molecule has 0 bridgehead atoms. The highest BCUT2D eigenvalue weighted by atomic mass is 16.5. The number of fused-ring (bicyclic) bond motifs is 1. The first-order valence-corrected chi connectivity index (χ1v) is 7.75. The largest absolute Gasteiger partial charge is 0.493 e. The quantitative estimate of drug-likeness (QED) is 0.782. The fourth-order valence-electron chi connectivity index (χ4n) is 2.84. The van der Waals surface area contributed by atoms with E-state index in [4.69, 9.17) is 13.9 Å². The number of allylic oxidation sites excluding steroid dienone is 1. The number of benzene rings is 1. The zero-order chi connectivity index (χ0) is 17.4. The van der Waals surface area contributed by atoms with Crippen LogP contribution in [-0.4, -0.2) is 34.4 Å². The van der Waals surface area contributed by atoms with Crippen LogP contribution in [0.5, 0.6) is 11.5 Å². The summed E-state index contributed by atoms with van der Waals surface area (Å²) in [5.41, 5.74) is 1.79. The lowest BCUT2D eigenvalue weighted by Gasteiger charge is -2.22. The van der Waals surface area contributed by atoms with Gasteiger partial charge in [0.25, 0.3) is 0 Å². The number of rotatable bonds is 4. The number of nitrogens with one attached hydrogen (secondary N) is 1. The Bertz CT molecular complexity index is 943. The summed E-state index contributed by atoms with van der Waals surface area (Å²) in [4.78, 5) is 0. The third-order valence-electron chi connectivity index (χ3n) is 4.07. The summed E-state index contributed by atoms with van der Waals surface area (Å²) < 4.78 is 18.2. The molecule has 0 radical (unpaired) electrons. The number of hydrogen-bond donors (Lipinski definition) is 1. The Balaban J connectivity index is 1.78. The van der Waals surface area contributed by atoms with E-state index in [1.54, 1.807) is 18.9 Å². The van der Waals surface area contributed by atoms with Crippen LogP contribution in [0, 0.1) is 6.92 Å². The predicted octanol–water partition coefficient (Wildman–Crippen LogP) is 2.65. The van der Waals surface area contributed by atoms with Crippen molar-refractivity contribution in [2.75, 3.05) is 19.5 Å². The highest BCUT2D eigenvalue weighted by molar-refractivity contribution is 5.78. The Kier molecular flexibility index (Phi) is 3.64. The molecule has 1 aliphatic heterocycles. The number of anilines is 1. The Hall–Kier alpha value is -3.29. The van der Waals surface area contributed by atoms with Gasteiger partial charge in [0, 0.05) is 11.3 Å². The van der Waals surface area contributed by atoms with Crippen molar-refractivity contribution in [1.29, 1.82) is 0 Å². The van der Waals surface area contributed by atoms with Gasteiger partial charge < -0.3 is 19.2 Å². The van der Waals surface area contributed by atoms with E-state index >= 15 is 0 Å². The molecular formula is C17H17N5O3. The van der Waals surface area contributed by atoms with Crippen molar-refractivity contribution in [1.82, 2.24) is 20.2 Å². The minimum absolute atomic E-state index is 0.233. The van der Waals surface area contributed by atoms with Gasteiger partial charge in [-0.25, -0.2) is 0 Å². The summed E-state index contributed by atoms with van der Waals surface area (Å²) >= 11 is 0. The van der Waals surface area contributed by atoms with Crippen molar-refractivity contribution in [2.24, 2.45) is 0 Å². The number of furan rings is 1. The topological polar surface area (TPSA) is 87.2 Å². The van der Waals surface area contributed by atoms with Crippen LogP contribution in [0.15, 0.2) is 40.8 Å². The van der Waals surface area contributed by atoms with E-state index in [-0.39, 0.29) is 6.04 Å². The molecule has 0 saturated heterocycles. The molecule has 8 heteroatoms. The fraction of sp³-hybridized carbons (Fsp3) is 0.235. The highest BCUT2D eigenvalue weighted by Gasteiger charge is 2.26. The molecule has 8 nitrogen and oxygen atoms in total. The monoisotopic (exact) mass is 339 g/mol. The van der Waals surface area contributed by atoms with Crippen molar-refractivity contribution < 1.29 is 13.9 Å². The van der Waals surface area contributed by atoms with E-state index < -0.39 is 0 Å². The van der Waals surface area contributed by atoms with Crippen molar-refractivity contribution in [2.45, 2.75) is 13.0 Å². The average Bonchev–Trinajstić information content (AvgIpc) is 3.28. The van der Waals surface area contributed by atoms with Gasteiger partial charge in [-0.15, -0.1) is 0 Å². The maximum absolute atomic E-state index is 5.78. The van der Waals surface area contributed by atoms with Gasteiger partial charge in [0.15, 0.2) is 11.5 Å². The van der Waals surface area contributed by atoms with Crippen LogP contribution in [-0.2, 0) is 0 Å². The SMILES string of the molecule is COc1ccc(C2=C[C@H](c3ccc(C)o3)n3nnnc3N2)cc1OC. The zero-order valence-corrected chi connectivity index (χ0v) is 14.1. The number of aryl methyl sites for hydroxylation is 1. The van der Waals surface area contributed by atoms with Crippen molar-refractivity contribution >= 4 is 11.6 Å². The van der Waals surface area contributed by atoms with Gasteiger partial charge in [-0.05, 0) is 53.8 Å². The van der Waals surface area contributed by atoms with Gasteiger partial charge in [0.2, 0.25) is 5.95 Å². The third-order valence-corrected chi connectivity index (χ3v) is 4.07. The molecule has 1 atom stereocenters. The van der Waals surface area contributed by atoms with Crippen LogP contribution in [0.4, 0.5) is 5.95 Å². The van der Waals surface area contributed by atoms with Gasteiger partial charge >= 0.3 is 0 Å². The molecule has 2 aromatic heterocycles. The third kappa shape index (κ3) is 2.61.